The summed E-state index contributed by atoms with van der Waals surface area (Å²) in [6, 6.07) is 6.34. The van der Waals surface area contributed by atoms with Gasteiger partial charge in [0.25, 0.3) is 0 Å². The average molecular weight is 192 g/mol. The molecule has 0 fully saturated rings. The van der Waals surface area contributed by atoms with Crippen LogP contribution < -0.4 is 5.46 Å². The summed E-state index contributed by atoms with van der Waals surface area (Å²) in [5, 5.41) is 26.0. The Hall–Kier alpha value is -1.59. The fraction of sp³-hybridized carbons (Fsp3) is 0. The molecule has 5 heteroatoms. The van der Waals surface area contributed by atoms with Gasteiger partial charge in [-0.15, -0.1) is 0 Å². The van der Waals surface area contributed by atoms with Gasteiger partial charge < -0.3 is 15.2 Å². The molecule has 1 aromatic carbocycles. The fourth-order valence-corrected chi connectivity index (χ4v) is 0.991. The number of carbonyl (C=O) groups is 1. The van der Waals surface area contributed by atoms with Crippen LogP contribution in [0.25, 0.3) is 6.08 Å². The Morgan fingerprint density at radius 3 is 2.64 bits per heavy atom. The zero-order valence-electron chi connectivity index (χ0n) is 7.29. The van der Waals surface area contributed by atoms with Gasteiger partial charge in [0.2, 0.25) is 0 Å². The molecule has 0 saturated heterocycles. The SMILES string of the molecule is O=C(O)C=Cc1cccc(B(O)O)c1. The van der Waals surface area contributed by atoms with Gasteiger partial charge in [-0.3, -0.25) is 0 Å². The van der Waals surface area contributed by atoms with Crippen LogP contribution in [0.4, 0.5) is 0 Å². The summed E-state index contributed by atoms with van der Waals surface area (Å²) < 4.78 is 0. The summed E-state index contributed by atoms with van der Waals surface area (Å²) >= 11 is 0. The number of rotatable bonds is 3. The van der Waals surface area contributed by atoms with Crippen LogP contribution >= 0.6 is 0 Å². The van der Waals surface area contributed by atoms with Crippen molar-refractivity contribution in [2.24, 2.45) is 0 Å². The highest BCUT2D eigenvalue weighted by Gasteiger charge is 2.09. The van der Waals surface area contributed by atoms with Crippen LogP contribution in [0.2, 0.25) is 0 Å². The largest absolute Gasteiger partial charge is 0.488 e. The van der Waals surface area contributed by atoms with Gasteiger partial charge in [-0.1, -0.05) is 24.3 Å². The number of hydrogen-bond donors (Lipinski definition) is 3. The van der Waals surface area contributed by atoms with Crippen LogP contribution in [0, 0.1) is 0 Å². The van der Waals surface area contributed by atoms with E-state index in [9.17, 15) is 4.79 Å². The fourth-order valence-electron chi connectivity index (χ4n) is 0.991. The summed E-state index contributed by atoms with van der Waals surface area (Å²) in [5.74, 6) is -1.04. The van der Waals surface area contributed by atoms with Crippen molar-refractivity contribution in [1.82, 2.24) is 0 Å². The van der Waals surface area contributed by atoms with Crippen LogP contribution in [0.3, 0.4) is 0 Å². The van der Waals surface area contributed by atoms with Crippen molar-refractivity contribution in [3.63, 3.8) is 0 Å². The van der Waals surface area contributed by atoms with Gasteiger partial charge in [-0.05, 0) is 17.1 Å². The second-order valence-electron chi connectivity index (χ2n) is 2.72. The van der Waals surface area contributed by atoms with Gasteiger partial charge in [0.1, 0.15) is 0 Å². The molecular formula is C9H9BO4. The van der Waals surface area contributed by atoms with E-state index >= 15 is 0 Å². The van der Waals surface area contributed by atoms with Gasteiger partial charge in [0.05, 0.1) is 0 Å². The van der Waals surface area contributed by atoms with Gasteiger partial charge in [0.15, 0.2) is 0 Å². The highest BCUT2D eigenvalue weighted by Crippen LogP contribution is 1.99. The first-order valence-electron chi connectivity index (χ1n) is 3.96. The molecule has 0 amide bonds. The summed E-state index contributed by atoms with van der Waals surface area (Å²) in [4.78, 5) is 10.2. The van der Waals surface area contributed by atoms with Crippen molar-refractivity contribution in [3.8, 4) is 0 Å². The number of carboxylic acids is 1. The monoisotopic (exact) mass is 192 g/mol. The molecule has 0 aromatic heterocycles. The van der Waals surface area contributed by atoms with E-state index in [0.29, 0.717) is 11.0 Å². The maximum atomic E-state index is 10.2. The van der Waals surface area contributed by atoms with Gasteiger partial charge in [0, 0.05) is 6.08 Å². The number of carboxylic acid groups (broad SMARTS) is 1. The quantitative estimate of drug-likeness (QED) is 0.444. The molecule has 72 valence electrons. The Bertz CT molecular complexity index is 360. The maximum Gasteiger partial charge on any atom is 0.488 e. The van der Waals surface area contributed by atoms with E-state index in [-0.39, 0.29) is 0 Å². The Morgan fingerprint density at radius 1 is 1.36 bits per heavy atom. The van der Waals surface area contributed by atoms with E-state index in [0.717, 1.165) is 6.08 Å². The van der Waals surface area contributed by atoms with Crippen molar-refractivity contribution in [1.29, 1.82) is 0 Å². The Kier molecular flexibility index (Phi) is 3.44. The zero-order chi connectivity index (χ0) is 10.6. The molecule has 14 heavy (non-hydrogen) atoms. The first-order valence-corrected chi connectivity index (χ1v) is 3.96. The molecule has 0 aliphatic rings. The van der Waals surface area contributed by atoms with Gasteiger partial charge >= 0.3 is 13.1 Å². The van der Waals surface area contributed by atoms with E-state index < -0.39 is 13.1 Å². The van der Waals surface area contributed by atoms with E-state index in [4.69, 9.17) is 15.2 Å². The second-order valence-corrected chi connectivity index (χ2v) is 2.72. The van der Waals surface area contributed by atoms with Crippen LogP contribution in [0.1, 0.15) is 5.56 Å². The third kappa shape index (κ3) is 3.04. The van der Waals surface area contributed by atoms with Gasteiger partial charge in [-0.2, -0.15) is 0 Å². The van der Waals surface area contributed by atoms with Crippen molar-refractivity contribution in [3.05, 3.63) is 35.9 Å². The molecule has 1 rings (SSSR count). The minimum absolute atomic E-state index is 0.331. The Balaban J connectivity index is 2.89. The first kappa shape index (κ1) is 10.5. The lowest BCUT2D eigenvalue weighted by atomic mass is 9.79. The standard InChI is InChI=1S/C9H9BO4/c11-9(12)5-4-7-2-1-3-8(6-7)10(13)14/h1-6,13-14H,(H,11,12). The molecular weight excluding hydrogens is 183 g/mol. The summed E-state index contributed by atoms with van der Waals surface area (Å²) in [6.07, 6.45) is 2.37. The van der Waals surface area contributed by atoms with E-state index in [1.165, 1.54) is 12.1 Å². The van der Waals surface area contributed by atoms with Crippen LogP contribution in [-0.4, -0.2) is 28.2 Å². The molecule has 0 saturated carbocycles. The second kappa shape index (κ2) is 4.60. The molecule has 0 atom stereocenters. The molecule has 1 aromatic rings. The zero-order valence-corrected chi connectivity index (χ0v) is 7.29. The highest BCUT2D eigenvalue weighted by molar-refractivity contribution is 6.58. The Morgan fingerprint density at radius 2 is 2.07 bits per heavy atom. The third-order valence-electron chi connectivity index (χ3n) is 1.63. The molecule has 0 bridgehead atoms. The third-order valence-corrected chi connectivity index (χ3v) is 1.63. The summed E-state index contributed by atoms with van der Waals surface area (Å²) in [7, 11) is -1.53. The molecule has 0 aliphatic heterocycles. The number of benzene rings is 1. The molecule has 3 N–H and O–H groups in total. The Labute approximate surface area is 81.3 Å². The molecule has 0 spiro atoms. The molecule has 0 unspecified atom stereocenters. The van der Waals surface area contributed by atoms with Crippen LogP contribution in [0.15, 0.2) is 30.3 Å². The van der Waals surface area contributed by atoms with Crippen LogP contribution in [-0.2, 0) is 4.79 Å². The van der Waals surface area contributed by atoms with E-state index in [1.807, 2.05) is 0 Å². The average Bonchev–Trinajstić information content (AvgIpc) is 2.15. The molecule has 0 radical (unpaired) electrons. The van der Waals surface area contributed by atoms with E-state index in [2.05, 4.69) is 0 Å². The van der Waals surface area contributed by atoms with Crippen molar-refractivity contribution < 1.29 is 19.9 Å². The lowest BCUT2D eigenvalue weighted by Gasteiger charge is -1.99. The predicted octanol–water partition coefficient (Wildman–Crippen LogP) is -0.536. The maximum absolute atomic E-state index is 10.2. The molecule has 0 aliphatic carbocycles. The van der Waals surface area contributed by atoms with Crippen LogP contribution in [0.5, 0.6) is 0 Å². The predicted molar refractivity (Wildman–Crippen MR) is 52.9 cm³/mol. The van der Waals surface area contributed by atoms with Gasteiger partial charge in [-0.25, -0.2) is 4.79 Å². The smallest absolute Gasteiger partial charge is 0.478 e. The van der Waals surface area contributed by atoms with E-state index in [1.54, 1.807) is 18.2 Å². The molecule has 4 nitrogen and oxygen atoms in total. The highest BCUT2D eigenvalue weighted by atomic mass is 16.4. The minimum Gasteiger partial charge on any atom is -0.478 e. The van der Waals surface area contributed by atoms with Crippen molar-refractivity contribution in [2.75, 3.05) is 0 Å². The molecule has 0 heterocycles. The number of aliphatic carboxylic acids is 1. The lowest BCUT2D eigenvalue weighted by Crippen LogP contribution is -2.29. The topological polar surface area (TPSA) is 77.8 Å². The minimum atomic E-state index is -1.53. The first-order chi connectivity index (χ1) is 6.59. The van der Waals surface area contributed by atoms with Crippen molar-refractivity contribution in [2.45, 2.75) is 0 Å². The number of hydrogen-bond acceptors (Lipinski definition) is 3. The van der Waals surface area contributed by atoms with Crippen molar-refractivity contribution >= 4 is 24.6 Å². The summed E-state index contributed by atoms with van der Waals surface area (Å²) in [6.45, 7) is 0. The normalized spacial score (nSPS) is 10.4. The summed E-state index contributed by atoms with van der Waals surface area (Å²) in [5.41, 5.74) is 0.940. The lowest BCUT2D eigenvalue weighted by molar-refractivity contribution is -0.131.